The molecule has 0 radical (unpaired) electrons. The third kappa shape index (κ3) is 2.18. The second kappa shape index (κ2) is 5.53. The van der Waals surface area contributed by atoms with Gasteiger partial charge in [0.15, 0.2) is 0 Å². The first kappa shape index (κ1) is 14.0. The Morgan fingerprint density at radius 2 is 2.18 bits per heavy atom. The maximum absolute atomic E-state index is 9.54. The minimum atomic E-state index is 0.197. The Morgan fingerprint density at radius 1 is 1.36 bits per heavy atom. The predicted octanol–water partition coefficient (Wildman–Crippen LogP) is 1.61. The molecule has 4 heterocycles. The van der Waals surface area contributed by atoms with E-state index < -0.39 is 0 Å². The van der Waals surface area contributed by atoms with Crippen molar-refractivity contribution in [1.29, 1.82) is 5.26 Å². The minimum absolute atomic E-state index is 0.197. The number of aromatic nitrogens is 1. The highest BCUT2D eigenvalue weighted by Crippen LogP contribution is 2.39. The smallest absolute Gasteiger partial charge is 0.232 e. The van der Waals surface area contributed by atoms with Crippen molar-refractivity contribution in [2.45, 2.75) is 44.2 Å². The molecule has 22 heavy (non-hydrogen) atoms. The van der Waals surface area contributed by atoms with Crippen LogP contribution in [0.1, 0.15) is 42.4 Å². The molecule has 0 amide bonds. The molecule has 5 heteroatoms. The Labute approximate surface area is 131 Å². The zero-order valence-electron chi connectivity index (χ0n) is 12.9. The lowest BCUT2D eigenvalue weighted by molar-refractivity contribution is 0.110. The zero-order valence-corrected chi connectivity index (χ0v) is 12.9. The van der Waals surface area contributed by atoms with Crippen LogP contribution < -0.4 is 10.1 Å². The van der Waals surface area contributed by atoms with E-state index in [1.54, 1.807) is 0 Å². The molecule has 116 valence electrons. The van der Waals surface area contributed by atoms with Gasteiger partial charge >= 0.3 is 0 Å². The van der Waals surface area contributed by atoms with Crippen LogP contribution in [0.15, 0.2) is 6.20 Å². The SMILES string of the molecule is N#Cc1c(OCC23CCCN2CCC3)ncc2c1CNCC2. The highest BCUT2D eigenvalue weighted by atomic mass is 16.5. The van der Waals surface area contributed by atoms with Gasteiger partial charge in [0.25, 0.3) is 0 Å². The molecule has 4 rings (SSSR count). The lowest BCUT2D eigenvalue weighted by atomic mass is 9.95. The standard InChI is InChI=1S/C17H22N4O/c18-9-14-15-11-19-6-3-13(15)10-20-16(14)22-12-17-4-1-7-21(17)8-2-5-17/h10,19H,1-8,11-12H2. The summed E-state index contributed by atoms with van der Waals surface area (Å²) in [7, 11) is 0. The summed E-state index contributed by atoms with van der Waals surface area (Å²) in [6.07, 6.45) is 7.77. The molecule has 0 unspecified atom stereocenters. The summed E-state index contributed by atoms with van der Waals surface area (Å²) in [5, 5.41) is 12.9. The normalized spacial score (nSPS) is 22.9. The fraction of sp³-hybridized carbons (Fsp3) is 0.647. The van der Waals surface area contributed by atoms with Crippen molar-refractivity contribution in [2.75, 3.05) is 26.2 Å². The number of nitrogens with zero attached hydrogens (tertiary/aromatic N) is 3. The molecular formula is C17H22N4O. The van der Waals surface area contributed by atoms with Crippen LogP contribution in [0.3, 0.4) is 0 Å². The second-order valence-electron chi connectivity index (χ2n) is 6.69. The van der Waals surface area contributed by atoms with Gasteiger partial charge in [-0.2, -0.15) is 5.26 Å². The molecule has 3 aliphatic rings. The third-order valence-corrected chi connectivity index (χ3v) is 5.51. The second-order valence-corrected chi connectivity index (χ2v) is 6.69. The van der Waals surface area contributed by atoms with Gasteiger partial charge in [0.1, 0.15) is 18.2 Å². The molecule has 1 aromatic rings. The first-order valence-electron chi connectivity index (χ1n) is 8.32. The number of nitrogens with one attached hydrogen (secondary N) is 1. The summed E-state index contributed by atoms with van der Waals surface area (Å²) in [6.45, 7) is 4.75. The first-order valence-corrected chi connectivity index (χ1v) is 8.32. The summed E-state index contributed by atoms with van der Waals surface area (Å²) >= 11 is 0. The summed E-state index contributed by atoms with van der Waals surface area (Å²) in [5.41, 5.74) is 3.08. The van der Waals surface area contributed by atoms with Crippen molar-refractivity contribution in [2.24, 2.45) is 0 Å². The van der Waals surface area contributed by atoms with E-state index in [2.05, 4.69) is 21.3 Å². The van der Waals surface area contributed by atoms with Crippen molar-refractivity contribution in [3.8, 4) is 11.9 Å². The van der Waals surface area contributed by atoms with Gasteiger partial charge in [-0.05, 0) is 62.9 Å². The summed E-state index contributed by atoms with van der Waals surface area (Å²) in [4.78, 5) is 7.01. The van der Waals surface area contributed by atoms with Gasteiger partial charge in [0.05, 0.1) is 5.54 Å². The average molecular weight is 298 g/mol. The Hall–Kier alpha value is -1.64. The molecule has 1 N–H and O–H groups in total. The fourth-order valence-electron chi connectivity index (χ4n) is 4.31. The van der Waals surface area contributed by atoms with E-state index in [-0.39, 0.29) is 5.54 Å². The van der Waals surface area contributed by atoms with Crippen LogP contribution in [-0.4, -0.2) is 41.7 Å². The van der Waals surface area contributed by atoms with Crippen LogP contribution in [0.25, 0.3) is 0 Å². The number of hydrogen-bond donors (Lipinski definition) is 1. The van der Waals surface area contributed by atoms with Gasteiger partial charge in [0.2, 0.25) is 5.88 Å². The maximum atomic E-state index is 9.54. The molecule has 2 fully saturated rings. The Bertz CT molecular complexity index is 612. The van der Waals surface area contributed by atoms with E-state index in [4.69, 9.17) is 4.74 Å². The molecule has 0 saturated carbocycles. The van der Waals surface area contributed by atoms with Gasteiger partial charge < -0.3 is 10.1 Å². The molecule has 3 aliphatic heterocycles. The van der Waals surface area contributed by atoms with Crippen LogP contribution >= 0.6 is 0 Å². The minimum Gasteiger partial charge on any atom is -0.475 e. The van der Waals surface area contributed by atoms with Crippen LogP contribution in [0.5, 0.6) is 5.88 Å². The van der Waals surface area contributed by atoms with E-state index in [0.29, 0.717) is 18.1 Å². The molecular weight excluding hydrogens is 276 g/mol. The Kier molecular flexibility index (Phi) is 3.51. The van der Waals surface area contributed by atoms with Gasteiger partial charge in [-0.1, -0.05) is 0 Å². The van der Waals surface area contributed by atoms with Gasteiger partial charge in [-0.3, -0.25) is 4.90 Å². The summed E-state index contributed by atoms with van der Waals surface area (Å²) in [5.74, 6) is 0.526. The van der Waals surface area contributed by atoms with Crippen molar-refractivity contribution in [3.63, 3.8) is 0 Å². The lowest BCUT2D eigenvalue weighted by Crippen LogP contribution is -2.43. The third-order valence-electron chi connectivity index (χ3n) is 5.51. The van der Waals surface area contributed by atoms with Crippen molar-refractivity contribution >= 4 is 0 Å². The molecule has 1 aromatic heterocycles. The molecule has 5 nitrogen and oxygen atoms in total. The van der Waals surface area contributed by atoms with Gasteiger partial charge in [-0.15, -0.1) is 0 Å². The predicted molar refractivity (Wildman–Crippen MR) is 82.6 cm³/mol. The molecule has 0 bridgehead atoms. The number of ether oxygens (including phenoxy) is 1. The van der Waals surface area contributed by atoms with Crippen LogP contribution in [0, 0.1) is 11.3 Å². The number of fused-ring (bicyclic) bond motifs is 2. The molecule has 2 saturated heterocycles. The van der Waals surface area contributed by atoms with E-state index in [1.807, 2.05) is 6.20 Å². The fourth-order valence-corrected chi connectivity index (χ4v) is 4.31. The molecule has 0 atom stereocenters. The van der Waals surface area contributed by atoms with E-state index >= 15 is 0 Å². The van der Waals surface area contributed by atoms with Crippen LogP contribution in [0.2, 0.25) is 0 Å². The highest BCUT2D eigenvalue weighted by Gasteiger charge is 2.45. The van der Waals surface area contributed by atoms with E-state index in [0.717, 1.165) is 25.1 Å². The lowest BCUT2D eigenvalue weighted by Gasteiger charge is -2.31. The number of pyridine rings is 1. The summed E-state index contributed by atoms with van der Waals surface area (Å²) < 4.78 is 6.08. The van der Waals surface area contributed by atoms with Crippen molar-refractivity contribution < 1.29 is 4.74 Å². The molecule has 0 aliphatic carbocycles. The summed E-state index contributed by atoms with van der Waals surface area (Å²) in [6, 6.07) is 2.32. The highest BCUT2D eigenvalue weighted by molar-refractivity contribution is 5.49. The quantitative estimate of drug-likeness (QED) is 0.918. The van der Waals surface area contributed by atoms with Gasteiger partial charge in [-0.25, -0.2) is 4.98 Å². The first-order chi connectivity index (χ1) is 10.8. The average Bonchev–Trinajstić information content (AvgIpc) is 3.12. The number of rotatable bonds is 3. The van der Waals surface area contributed by atoms with Crippen molar-refractivity contribution in [3.05, 3.63) is 22.9 Å². The van der Waals surface area contributed by atoms with E-state index in [1.165, 1.54) is 44.3 Å². The van der Waals surface area contributed by atoms with Crippen LogP contribution in [-0.2, 0) is 13.0 Å². The largest absolute Gasteiger partial charge is 0.475 e. The number of hydrogen-bond acceptors (Lipinski definition) is 5. The molecule has 0 aromatic carbocycles. The van der Waals surface area contributed by atoms with E-state index in [9.17, 15) is 5.26 Å². The Balaban J connectivity index is 1.57. The Morgan fingerprint density at radius 3 is 2.95 bits per heavy atom. The van der Waals surface area contributed by atoms with Gasteiger partial charge in [0, 0.05) is 12.7 Å². The number of nitriles is 1. The van der Waals surface area contributed by atoms with Crippen molar-refractivity contribution in [1.82, 2.24) is 15.2 Å². The molecule has 0 spiro atoms. The topological polar surface area (TPSA) is 61.2 Å². The maximum Gasteiger partial charge on any atom is 0.232 e. The van der Waals surface area contributed by atoms with Crippen LogP contribution in [0.4, 0.5) is 0 Å². The monoisotopic (exact) mass is 298 g/mol. The zero-order chi connectivity index (χ0) is 15.0.